The van der Waals surface area contributed by atoms with Gasteiger partial charge < -0.3 is 15.2 Å². The third kappa shape index (κ3) is 3.93. The third-order valence-corrected chi connectivity index (χ3v) is 2.64. The van der Waals surface area contributed by atoms with Crippen LogP contribution in [0.3, 0.4) is 0 Å². The summed E-state index contributed by atoms with van der Waals surface area (Å²) in [6.45, 7) is 0.777. The second-order valence-electron chi connectivity index (χ2n) is 4.12. The minimum Gasteiger partial charge on any atom is -0.490 e. The predicted molar refractivity (Wildman–Crippen MR) is 71.7 cm³/mol. The SMILES string of the molecule is NCc1cccc(OCCOc2cc(F)ccc2F)c1. The van der Waals surface area contributed by atoms with Gasteiger partial charge in [0.05, 0.1) is 0 Å². The van der Waals surface area contributed by atoms with Gasteiger partial charge in [-0.05, 0) is 29.8 Å². The summed E-state index contributed by atoms with van der Waals surface area (Å²) < 4.78 is 36.8. The minimum atomic E-state index is -0.600. The van der Waals surface area contributed by atoms with E-state index < -0.39 is 11.6 Å². The molecule has 5 heteroatoms. The summed E-state index contributed by atoms with van der Waals surface area (Å²) in [4.78, 5) is 0. The second kappa shape index (κ2) is 6.86. The monoisotopic (exact) mass is 279 g/mol. The van der Waals surface area contributed by atoms with E-state index in [9.17, 15) is 8.78 Å². The topological polar surface area (TPSA) is 44.5 Å². The molecular formula is C15H15F2NO2. The number of hydrogen-bond acceptors (Lipinski definition) is 3. The highest BCUT2D eigenvalue weighted by Crippen LogP contribution is 2.18. The van der Waals surface area contributed by atoms with Crippen LogP contribution in [0.2, 0.25) is 0 Å². The Bertz CT molecular complexity index is 576. The van der Waals surface area contributed by atoms with Gasteiger partial charge in [0.2, 0.25) is 0 Å². The first-order valence-corrected chi connectivity index (χ1v) is 6.18. The second-order valence-corrected chi connectivity index (χ2v) is 4.12. The van der Waals surface area contributed by atoms with Crippen LogP contribution in [0.4, 0.5) is 8.78 Å². The number of rotatable bonds is 6. The highest BCUT2D eigenvalue weighted by molar-refractivity contribution is 5.28. The molecule has 0 amide bonds. The molecule has 0 aliphatic heterocycles. The normalized spacial score (nSPS) is 10.3. The molecule has 2 rings (SSSR count). The Morgan fingerprint density at radius 2 is 1.75 bits per heavy atom. The fourth-order valence-corrected chi connectivity index (χ4v) is 1.66. The van der Waals surface area contributed by atoms with Crippen molar-refractivity contribution in [1.29, 1.82) is 0 Å². The van der Waals surface area contributed by atoms with Crippen molar-refractivity contribution >= 4 is 0 Å². The van der Waals surface area contributed by atoms with Crippen molar-refractivity contribution in [3.63, 3.8) is 0 Å². The van der Waals surface area contributed by atoms with E-state index >= 15 is 0 Å². The molecule has 0 aromatic heterocycles. The lowest BCUT2D eigenvalue weighted by atomic mass is 10.2. The fourth-order valence-electron chi connectivity index (χ4n) is 1.66. The molecule has 0 radical (unpaired) electrons. The zero-order valence-corrected chi connectivity index (χ0v) is 10.8. The van der Waals surface area contributed by atoms with Crippen LogP contribution >= 0.6 is 0 Å². The van der Waals surface area contributed by atoms with Crippen molar-refractivity contribution in [1.82, 2.24) is 0 Å². The Hall–Kier alpha value is -2.14. The molecule has 2 N–H and O–H groups in total. The maximum atomic E-state index is 13.3. The van der Waals surface area contributed by atoms with Gasteiger partial charge in [0.25, 0.3) is 0 Å². The largest absolute Gasteiger partial charge is 0.490 e. The smallest absolute Gasteiger partial charge is 0.165 e. The maximum absolute atomic E-state index is 13.3. The standard InChI is InChI=1S/C15H15F2NO2/c16-12-4-5-14(17)15(9-12)20-7-6-19-13-3-1-2-11(8-13)10-18/h1-5,8-9H,6-7,10,18H2. The number of hydrogen-bond donors (Lipinski definition) is 1. The Balaban J connectivity index is 1.82. The first-order chi connectivity index (χ1) is 9.69. The molecule has 20 heavy (non-hydrogen) atoms. The Morgan fingerprint density at radius 3 is 2.55 bits per heavy atom. The van der Waals surface area contributed by atoms with Crippen LogP contribution in [0.25, 0.3) is 0 Å². The van der Waals surface area contributed by atoms with E-state index in [1.807, 2.05) is 18.2 Å². The molecule has 2 aromatic rings. The Labute approximate surface area is 115 Å². The lowest BCUT2D eigenvalue weighted by molar-refractivity contribution is 0.210. The molecule has 0 unspecified atom stereocenters. The molecule has 2 aromatic carbocycles. The van der Waals surface area contributed by atoms with Gasteiger partial charge in [-0.15, -0.1) is 0 Å². The first kappa shape index (κ1) is 14.3. The average molecular weight is 279 g/mol. The minimum absolute atomic E-state index is 0.118. The molecule has 0 saturated heterocycles. The predicted octanol–water partition coefficient (Wildman–Crippen LogP) is 2.88. The average Bonchev–Trinajstić information content (AvgIpc) is 2.47. The zero-order chi connectivity index (χ0) is 14.4. The van der Waals surface area contributed by atoms with Crippen LogP contribution in [-0.4, -0.2) is 13.2 Å². The molecule has 0 saturated carbocycles. The van der Waals surface area contributed by atoms with Gasteiger partial charge in [-0.2, -0.15) is 0 Å². The van der Waals surface area contributed by atoms with Crippen molar-refractivity contribution in [2.75, 3.05) is 13.2 Å². The van der Waals surface area contributed by atoms with Crippen molar-refractivity contribution in [3.05, 3.63) is 59.7 Å². The van der Waals surface area contributed by atoms with Gasteiger partial charge in [0, 0.05) is 12.6 Å². The van der Waals surface area contributed by atoms with Gasteiger partial charge in [0.1, 0.15) is 24.8 Å². The van der Waals surface area contributed by atoms with E-state index in [4.69, 9.17) is 15.2 Å². The van der Waals surface area contributed by atoms with E-state index in [0.29, 0.717) is 12.3 Å². The highest BCUT2D eigenvalue weighted by atomic mass is 19.1. The molecule has 3 nitrogen and oxygen atoms in total. The molecule has 0 aliphatic carbocycles. The summed E-state index contributed by atoms with van der Waals surface area (Å²) in [5.41, 5.74) is 6.48. The van der Waals surface area contributed by atoms with E-state index in [0.717, 1.165) is 23.8 Å². The van der Waals surface area contributed by atoms with Crippen LogP contribution in [0.15, 0.2) is 42.5 Å². The zero-order valence-electron chi connectivity index (χ0n) is 10.8. The van der Waals surface area contributed by atoms with Gasteiger partial charge in [-0.3, -0.25) is 0 Å². The number of halogens is 2. The van der Waals surface area contributed by atoms with Crippen molar-refractivity contribution in [3.8, 4) is 11.5 Å². The summed E-state index contributed by atoms with van der Waals surface area (Å²) in [5.74, 6) is -0.602. The molecule has 0 aliphatic rings. The van der Waals surface area contributed by atoms with Crippen molar-refractivity contribution < 1.29 is 18.3 Å². The number of benzene rings is 2. The fraction of sp³-hybridized carbons (Fsp3) is 0.200. The summed E-state index contributed by atoms with van der Waals surface area (Å²) in [7, 11) is 0. The molecule has 0 fully saturated rings. The Morgan fingerprint density at radius 1 is 0.950 bits per heavy atom. The maximum Gasteiger partial charge on any atom is 0.165 e. The molecular weight excluding hydrogens is 264 g/mol. The first-order valence-electron chi connectivity index (χ1n) is 6.18. The molecule has 0 bridgehead atoms. The van der Waals surface area contributed by atoms with Crippen molar-refractivity contribution in [2.45, 2.75) is 6.54 Å². The van der Waals surface area contributed by atoms with E-state index in [-0.39, 0.29) is 19.0 Å². The summed E-state index contributed by atoms with van der Waals surface area (Å²) in [6, 6.07) is 10.4. The number of ether oxygens (including phenoxy) is 2. The van der Waals surface area contributed by atoms with E-state index in [1.54, 1.807) is 6.07 Å². The van der Waals surface area contributed by atoms with Gasteiger partial charge in [-0.25, -0.2) is 8.78 Å². The lowest BCUT2D eigenvalue weighted by Gasteiger charge is -2.09. The molecule has 0 atom stereocenters. The number of nitrogens with two attached hydrogens (primary N) is 1. The lowest BCUT2D eigenvalue weighted by Crippen LogP contribution is -2.10. The van der Waals surface area contributed by atoms with Crippen molar-refractivity contribution in [2.24, 2.45) is 5.73 Å². The van der Waals surface area contributed by atoms with Crippen LogP contribution < -0.4 is 15.2 Å². The van der Waals surface area contributed by atoms with Gasteiger partial charge in [-0.1, -0.05) is 12.1 Å². The van der Waals surface area contributed by atoms with Gasteiger partial charge >= 0.3 is 0 Å². The summed E-state index contributed by atoms with van der Waals surface area (Å²) in [6.07, 6.45) is 0. The van der Waals surface area contributed by atoms with E-state index in [1.165, 1.54) is 0 Å². The molecule has 106 valence electrons. The quantitative estimate of drug-likeness (QED) is 0.827. The molecule has 0 spiro atoms. The van der Waals surface area contributed by atoms with Crippen LogP contribution in [0.1, 0.15) is 5.56 Å². The van der Waals surface area contributed by atoms with Gasteiger partial charge in [0.15, 0.2) is 11.6 Å². The Kier molecular flexibility index (Phi) is 4.90. The van der Waals surface area contributed by atoms with E-state index in [2.05, 4.69) is 0 Å². The van der Waals surface area contributed by atoms with Crippen LogP contribution in [-0.2, 0) is 6.54 Å². The third-order valence-electron chi connectivity index (χ3n) is 2.64. The highest BCUT2D eigenvalue weighted by Gasteiger charge is 2.04. The summed E-state index contributed by atoms with van der Waals surface area (Å²) in [5, 5.41) is 0. The van der Waals surface area contributed by atoms with Crippen LogP contribution in [0.5, 0.6) is 11.5 Å². The summed E-state index contributed by atoms with van der Waals surface area (Å²) >= 11 is 0. The molecule has 0 heterocycles. The van der Waals surface area contributed by atoms with Crippen LogP contribution in [0, 0.1) is 11.6 Å².